The van der Waals surface area contributed by atoms with Gasteiger partial charge in [-0.2, -0.15) is 9.67 Å². The predicted molar refractivity (Wildman–Crippen MR) is 91.4 cm³/mol. The summed E-state index contributed by atoms with van der Waals surface area (Å²) in [5.74, 6) is -1.32. The molecule has 0 aliphatic heterocycles. The number of rotatable bonds is 4. The molecule has 4 rings (SSSR count). The van der Waals surface area contributed by atoms with Gasteiger partial charge in [0.05, 0.1) is 17.6 Å². The van der Waals surface area contributed by atoms with Gasteiger partial charge in [0.15, 0.2) is 11.6 Å². The number of benzene rings is 1. The highest BCUT2D eigenvalue weighted by molar-refractivity contribution is 5.75. The second-order valence-electron chi connectivity index (χ2n) is 6.39. The van der Waals surface area contributed by atoms with E-state index in [-0.39, 0.29) is 17.8 Å². The van der Waals surface area contributed by atoms with Crippen LogP contribution in [-0.4, -0.2) is 42.1 Å². The lowest BCUT2D eigenvalue weighted by atomic mass is 9.86. The van der Waals surface area contributed by atoms with Crippen LogP contribution in [0.4, 0.5) is 10.3 Å². The van der Waals surface area contributed by atoms with Crippen molar-refractivity contribution in [3.05, 3.63) is 36.3 Å². The van der Waals surface area contributed by atoms with Gasteiger partial charge in [0.1, 0.15) is 5.52 Å². The molecule has 0 spiro atoms. The Morgan fingerprint density at radius 2 is 2.00 bits per heavy atom. The van der Waals surface area contributed by atoms with E-state index in [0.29, 0.717) is 42.7 Å². The molecule has 8 nitrogen and oxygen atoms in total. The third-order valence-electron chi connectivity index (χ3n) is 4.69. The van der Waals surface area contributed by atoms with E-state index in [2.05, 4.69) is 25.6 Å². The average molecular weight is 356 g/mol. The van der Waals surface area contributed by atoms with Gasteiger partial charge in [-0.1, -0.05) is 17.3 Å². The Labute approximate surface area is 148 Å². The Morgan fingerprint density at radius 1 is 1.23 bits per heavy atom. The molecular weight excluding hydrogens is 339 g/mol. The number of nitrogens with zero attached hydrogens (tertiary/aromatic N) is 5. The fraction of sp³-hybridized carbons (Fsp3) is 0.353. The molecule has 1 saturated carbocycles. The molecule has 1 fully saturated rings. The number of para-hydroxylation sites is 1. The molecule has 134 valence electrons. The molecule has 2 aromatic heterocycles. The number of carbonyl (C=O) groups is 1. The maximum absolute atomic E-state index is 14.3. The molecule has 1 aliphatic carbocycles. The number of aromatic nitrogens is 5. The summed E-state index contributed by atoms with van der Waals surface area (Å²) in [6, 6.07) is 7.30. The molecule has 1 aromatic carbocycles. The number of fused-ring (bicyclic) bond motifs is 1. The number of carboxylic acid groups (broad SMARTS) is 1. The molecule has 9 heteroatoms. The predicted octanol–water partition coefficient (Wildman–Crippen LogP) is 2.40. The lowest BCUT2D eigenvalue weighted by Gasteiger charge is -2.26. The van der Waals surface area contributed by atoms with Crippen LogP contribution in [0.1, 0.15) is 25.7 Å². The zero-order chi connectivity index (χ0) is 18.1. The minimum absolute atomic E-state index is 0.0235. The van der Waals surface area contributed by atoms with Crippen LogP contribution in [0.2, 0.25) is 0 Å². The van der Waals surface area contributed by atoms with Crippen molar-refractivity contribution in [2.24, 2.45) is 5.92 Å². The molecule has 0 atom stereocenters. The topological polar surface area (TPSA) is 106 Å². The van der Waals surface area contributed by atoms with Crippen LogP contribution in [0, 0.1) is 11.7 Å². The quantitative estimate of drug-likeness (QED) is 0.739. The Balaban J connectivity index is 1.56. The lowest BCUT2D eigenvalue weighted by Crippen LogP contribution is -2.30. The van der Waals surface area contributed by atoms with Crippen LogP contribution in [0.25, 0.3) is 16.9 Å². The summed E-state index contributed by atoms with van der Waals surface area (Å²) >= 11 is 0. The number of nitrogens with one attached hydrogen (secondary N) is 1. The SMILES string of the molecule is O=C(O)C1CCC(Nc2ncc(F)c(-n3nnc4ccccc43)n2)CC1. The molecule has 2 N–H and O–H groups in total. The molecule has 0 saturated heterocycles. The van der Waals surface area contributed by atoms with Gasteiger partial charge in [0.25, 0.3) is 0 Å². The molecule has 2 heterocycles. The van der Waals surface area contributed by atoms with Crippen molar-refractivity contribution in [2.75, 3.05) is 5.32 Å². The summed E-state index contributed by atoms with van der Waals surface area (Å²) in [5.41, 5.74) is 1.30. The van der Waals surface area contributed by atoms with Gasteiger partial charge in [-0.25, -0.2) is 9.37 Å². The number of hydrogen-bond acceptors (Lipinski definition) is 6. The third-order valence-corrected chi connectivity index (χ3v) is 4.69. The molecule has 0 radical (unpaired) electrons. The van der Waals surface area contributed by atoms with Crippen LogP contribution in [0.15, 0.2) is 30.5 Å². The maximum Gasteiger partial charge on any atom is 0.306 e. The Kier molecular flexibility index (Phi) is 4.19. The Bertz CT molecular complexity index is 951. The highest BCUT2D eigenvalue weighted by atomic mass is 19.1. The van der Waals surface area contributed by atoms with Crippen LogP contribution < -0.4 is 5.32 Å². The average Bonchev–Trinajstić information content (AvgIpc) is 3.08. The second kappa shape index (κ2) is 6.66. The zero-order valence-electron chi connectivity index (χ0n) is 13.8. The number of halogens is 1. The highest BCUT2D eigenvalue weighted by Gasteiger charge is 2.26. The largest absolute Gasteiger partial charge is 0.481 e. The van der Waals surface area contributed by atoms with Crippen molar-refractivity contribution in [3.8, 4) is 5.82 Å². The molecule has 0 unspecified atom stereocenters. The zero-order valence-corrected chi connectivity index (χ0v) is 13.8. The van der Waals surface area contributed by atoms with E-state index in [4.69, 9.17) is 5.11 Å². The van der Waals surface area contributed by atoms with E-state index in [9.17, 15) is 9.18 Å². The second-order valence-corrected chi connectivity index (χ2v) is 6.39. The van der Waals surface area contributed by atoms with Gasteiger partial charge in [0.2, 0.25) is 5.95 Å². The molecule has 0 bridgehead atoms. The summed E-state index contributed by atoms with van der Waals surface area (Å²) in [7, 11) is 0. The van der Waals surface area contributed by atoms with Gasteiger partial charge in [-0.3, -0.25) is 4.79 Å². The maximum atomic E-state index is 14.3. The lowest BCUT2D eigenvalue weighted by molar-refractivity contribution is -0.142. The normalized spacial score (nSPS) is 20.2. The smallest absolute Gasteiger partial charge is 0.306 e. The minimum Gasteiger partial charge on any atom is -0.481 e. The minimum atomic E-state index is -0.748. The van der Waals surface area contributed by atoms with Gasteiger partial charge in [0, 0.05) is 6.04 Å². The van der Waals surface area contributed by atoms with Crippen LogP contribution in [0.3, 0.4) is 0 Å². The van der Waals surface area contributed by atoms with E-state index in [0.717, 1.165) is 6.20 Å². The first-order valence-electron chi connectivity index (χ1n) is 8.44. The van der Waals surface area contributed by atoms with E-state index in [1.807, 2.05) is 12.1 Å². The Morgan fingerprint density at radius 3 is 2.77 bits per heavy atom. The van der Waals surface area contributed by atoms with Gasteiger partial charge in [-0.05, 0) is 37.8 Å². The van der Waals surface area contributed by atoms with E-state index in [1.54, 1.807) is 12.1 Å². The summed E-state index contributed by atoms with van der Waals surface area (Å²) in [4.78, 5) is 19.3. The molecular formula is C17H17FN6O2. The number of anilines is 1. The fourth-order valence-corrected chi connectivity index (χ4v) is 3.27. The fourth-order valence-electron chi connectivity index (χ4n) is 3.27. The van der Waals surface area contributed by atoms with Crippen molar-refractivity contribution in [1.29, 1.82) is 0 Å². The van der Waals surface area contributed by atoms with E-state index >= 15 is 0 Å². The number of aliphatic carboxylic acids is 1. The standard InChI is InChI=1S/C17H17FN6O2/c18-12-9-19-17(20-11-7-5-10(6-8-11)16(25)26)21-15(12)24-14-4-2-1-3-13(14)22-23-24/h1-4,9-11H,5-8H2,(H,25,26)(H,19,20,21). The van der Waals surface area contributed by atoms with Crippen LogP contribution in [-0.2, 0) is 4.79 Å². The van der Waals surface area contributed by atoms with Gasteiger partial charge >= 0.3 is 5.97 Å². The van der Waals surface area contributed by atoms with Gasteiger partial charge in [-0.15, -0.1) is 5.10 Å². The number of hydrogen-bond donors (Lipinski definition) is 2. The molecule has 0 amide bonds. The summed E-state index contributed by atoms with van der Waals surface area (Å²) in [6.45, 7) is 0. The van der Waals surface area contributed by atoms with Crippen molar-refractivity contribution in [1.82, 2.24) is 25.0 Å². The van der Waals surface area contributed by atoms with Gasteiger partial charge < -0.3 is 10.4 Å². The first-order valence-corrected chi connectivity index (χ1v) is 8.44. The monoisotopic (exact) mass is 356 g/mol. The van der Waals surface area contributed by atoms with Crippen molar-refractivity contribution < 1.29 is 14.3 Å². The summed E-state index contributed by atoms with van der Waals surface area (Å²) < 4.78 is 15.6. The van der Waals surface area contributed by atoms with Crippen molar-refractivity contribution >= 4 is 23.0 Å². The molecule has 3 aromatic rings. The molecule has 26 heavy (non-hydrogen) atoms. The molecule has 1 aliphatic rings. The number of carboxylic acids is 1. The van der Waals surface area contributed by atoms with Crippen LogP contribution in [0.5, 0.6) is 0 Å². The van der Waals surface area contributed by atoms with Crippen LogP contribution >= 0.6 is 0 Å². The highest BCUT2D eigenvalue weighted by Crippen LogP contribution is 2.26. The van der Waals surface area contributed by atoms with E-state index < -0.39 is 11.8 Å². The first kappa shape index (κ1) is 16.4. The van der Waals surface area contributed by atoms with Crippen molar-refractivity contribution in [2.45, 2.75) is 31.7 Å². The summed E-state index contributed by atoms with van der Waals surface area (Å²) in [5, 5.41) is 20.2. The summed E-state index contributed by atoms with van der Waals surface area (Å²) in [6.07, 6.45) is 3.73. The first-order chi connectivity index (χ1) is 12.6. The van der Waals surface area contributed by atoms with E-state index in [1.165, 1.54) is 4.68 Å². The Hall–Kier alpha value is -3.10. The third kappa shape index (κ3) is 3.07. The van der Waals surface area contributed by atoms with Crippen molar-refractivity contribution in [3.63, 3.8) is 0 Å².